The molecule has 0 aromatic heterocycles. The van der Waals surface area contributed by atoms with Crippen LogP contribution in [0.3, 0.4) is 0 Å². The summed E-state index contributed by atoms with van der Waals surface area (Å²) in [5, 5.41) is 2.89. The number of amides is 1. The van der Waals surface area contributed by atoms with Crippen molar-refractivity contribution in [2.45, 2.75) is 32.2 Å². The quantitative estimate of drug-likeness (QED) is 0.727. The minimum Gasteiger partial charge on any atom is -0.491 e. The second-order valence-corrected chi connectivity index (χ2v) is 5.47. The summed E-state index contributed by atoms with van der Waals surface area (Å²) >= 11 is 0. The fourth-order valence-electron chi connectivity index (χ4n) is 2.24. The highest BCUT2D eigenvalue weighted by molar-refractivity contribution is 5.92. The number of anilines is 1. The third-order valence-corrected chi connectivity index (χ3v) is 3.55. The Morgan fingerprint density at radius 2 is 1.83 bits per heavy atom. The third kappa shape index (κ3) is 5.42. The first kappa shape index (κ1) is 17.0. The van der Waals surface area contributed by atoms with Gasteiger partial charge in [-0.3, -0.25) is 4.79 Å². The van der Waals surface area contributed by atoms with Crippen molar-refractivity contribution >= 4 is 11.6 Å². The van der Waals surface area contributed by atoms with Gasteiger partial charge in [-0.2, -0.15) is 0 Å². The predicted molar refractivity (Wildman–Crippen MR) is 93.5 cm³/mol. The van der Waals surface area contributed by atoms with Gasteiger partial charge in [0.1, 0.15) is 5.75 Å². The maximum atomic E-state index is 12.2. The molecule has 0 aliphatic heterocycles. The van der Waals surface area contributed by atoms with Crippen LogP contribution >= 0.6 is 0 Å². The Hall–Kier alpha value is -2.33. The van der Waals surface area contributed by atoms with Crippen LogP contribution in [0.4, 0.5) is 5.69 Å². The number of nitrogens with one attached hydrogen (secondary N) is 1. The molecule has 0 spiro atoms. The van der Waals surface area contributed by atoms with Crippen molar-refractivity contribution in [3.8, 4) is 5.75 Å². The summed E-state index contributed by atoms with van der Waals surface area (Å²) in [6.07, 6.45) is 2.29. The number of benzene rings is 2. The van der Waals surface area contributed by atoms with Crippen LogP contribution in [0.25, 0.3) is 0 Å². The summed E-state index contributed by atoms with van der Waals surface area (Å²) in [6.45, 7) is 2.76. The zero-order valence-electron chi connectivity index (χ0n) is 13.5. The van der Waals surface area contributed by atoms with E-state index >= 15 is 0 Å². The van der Waals surface area contributed by atoms with Gasteiger partial charge in [0.2, 0.25) is 5.91 Å². The largest absolute Gasteiger partial charge is 0.491 e. The lowest BCUT2D eigenvalue weighted by Gasteiger charge is -2.14. The van der Waals surface area contributed by atoms with Crippen LogP contribution in [0.2, 0.25) is 0 Å². The Morgan fingerprint density at radius 3 is 2.57 bits per heavy atom. The van der Waals surface area contributed by atoms with E-state index in [0.717, 1.165) is 18.4 Å². The van der Waals surface area contributed by atoms with E-state index in [1.165, 1.54) is 0 Å². The summed E-state index contributed by atoms with van der Waals surface area (Å²) in [5.74, 6) is 0.579. The molecule has 23 heavy (non-hydrogen) atoms. The number of unbranched alkanes of at least 4 members (excludes halogenated alkanes) is 1. The summed E-state index contributed by atoms with van der Waals surface area (Å²) in [4.78, 5) is 12.2. The Morgan fingerprint density at radius 1 is 1.13 bits per heavy atom. The van der Waals surface area contributed by atoms with E-state index < -0.39 is 0 Å². The van der Waals surface area contributed by atoms with Crippen molar-refractivity contribution in [2.24, 2.45) is 5.73 Å². The van der Waals surface area contributed by atoms with E-state index in [-0.39, 0.29) is 18.4 Å². The highest BCUT2D eigenvalue weighted by atomic mass is 16.5. The molecule has 0 saturated carbocycles. The first-order valence-corrected chi connectivity index (χ1v) is 8.03. The van der Waals surface area contributed by atoms with Gasteiger partial charge in [-0.05, 0) is 24.1 Å². The van der Waals surface area contributed by atoms with Gasteiger partial charge < -0.3 is 15.8 Å². The SMILES string of the molecule is CCCCOc1ccccc1NC(=O)CC(N)c1ccccc1. The number of rotatable bonds is 8. The minimum atomic E-state index is -0.315. The number of hydrogen-bond acceptors (Lipinski definition) is 3. The number of hydrogen-bond donors (Lipinski definition) is 2. The summed E-state index contributed by atoms with van der Waals surface area (Å²) < 4.78 is 5.72. The molecule has 4 nitrogen and oxygen atoms in total. The first-order chi connectivity index (χ1) is 11.2. The molecule has 1 amide bonds. The van der Waals surface area contributed by atoms with Crippen LogP contribution < -0.4 is 15.8 Å². The molecule has 4 heteroatoms. The molecule has 0 radical (unpaired) electrons. The second-order valence-electron chi connectivity index (χ2n) is 5.47. The molecule has 1 unspecified atom stereocenters. The average Bonchev–Trinajstić information content (AvgIpc) is 2.57. The average molecular weight is 312 g/mol. The van der Waals surface area contributed by atoms with Gasteiger partial charge in [0.15, 0.2) is 0 Å². The monoisotopic (exact) mass is 312 g/mol. The highest BCUT2D eigenvalue weighted by Crippen LogP contribution is 2.25. The van der Waals surface area contributed by atoms with E-state index in [1.54, 1.807) is 0 Å². The van der Waals surface area contributed by atoms with Crippen molar-refractivity contribution in [2.75, 3.05) is 11.9 Å². The van der Waals surface area contributed by atoms with E-state index in [2.05, 4.69) is 12.2 Å². The summed E-state index contributed by atoms with van der Waals surface area (Å²) in [5.41, 5.74) is 7.74. The maximum absolute atomic E-state index is 12.2. The van der Waals surface area contributed by atoms with Gasteiger partial charge in [0, 0.05) is 12.5 Å². The number of carbonyl (C=O) groups excluding carboxylic acids is 1. The smallest absolute Gasteiger partial charge is 0.226 e. The molecule has 0 fully saturated rings. The van der Waals surface area contributed by atoms with Gasteiger partial charge in [-0.15, -0.1) is 0 Å². The number of carbonyl (C=O) groups is 1. The van der Waals surface area contributed by atoms with Crippen LogP contribution in [0.15, 0.2) is 54.6 Å². The Labute approximate surface area is 137 Å². The second kappa shape index (κ2) is 8.96. The fraction of sp³-hybridized carbons (Fsp3) is 0.316. The highest BCUT2D eigenvalue weighted by Gasteiger charge is 2.13. The first-order valence-electron chi connectivity index (χ1n) is 8.03. The molecule has 3 N–H and O–H groups in total. The zero-order chi connectivity index (χ0) is 16.5. The van der Waals surface area contributed by atoms with Gasteiger partial charge >= 0.3 is 0 Å². The lowest BCUT2D eigenvalue weighted by Crippen LogP contribution is -2.20. The third-order valence-electron chi connectivity index (χ3n) is 3.55. The van der Waals surface area contributed by atoms with Crippen LogP contribution in [0.1, 0.15) is 37.8 Å². The molecule has 0 saturated heterocycles. The standard InChI is InChI=1S/C19H24N2O2/c1-2-3-13-23-18-12-8-7-11-17(18)21-19(22)14-16(20)15-9-5-4-6-10-15/h4-12,16H,2-3,13-14,20H2,1H3,(H,21,22). The van der Waals surface area contributed by atoms with Gasteiger partial charge in [0.25, 0.3) is 0 Å². The Balaban J connectivity index is 1.95. The van der Waals surface area contributed by atoms with Gasteiger partial charge in [-0.1, -0.05) is 55.8 Å². The lowest BCUT2D eigenvalue weighted by atomic mass is 10.0. The molecule has 1 atom stereocenters. The lowest BCUT2D eigenvalue weighted by molar-refractivity contribution is -0.116. The summed E-state index contributed by atoms with van der Waals surface area (Å²) in [7, 11) is 0. The number of nitrogens with two attached hydrogens (primary N) is 1. The van der Waals surface area contributed by atoms with Crippen molar-refractivity contribution in [1.29, 1.82) is 0 Å². The van der Waals surface area contributed by atoms with Gasteiger partial charge in [0.05, 0.1) is 12.3 Å². The Bertz CT molecular complexity index is 614. The van der Waals surface area contributed by atoms with Gasteiger partial charge in [-0.25, -0.2) is 0 Å². The molecule has 2 aromatic carbocycles. The van der Waals surface area contributed by atoms with Crippen molar-refractivity contribution in [1.82, 2.24) is 0 Å². The number of ether oxygens (including phenoxy) is 1. The van der Waals surface area contributed by atoms with E-state index in [1.807, 2.05) is 54.6 Å². The molecule has 122 valence electrons. The molecule has 2 aromatic rings. The zero-order valence-corrected chi connectivity index (χ0v) is 13.5. The number of para-hydroxylation sites is 2. The van der Waals surface area contributed by atoms with Crippen molar-refractivity contribution < 1.29 is 9.53 Å². The minimum absolute atomic E-state index is 0.118. The van der Waals surface area contributed by atoms with E-state index in [9.17, 15) is 4.79 Å². The molecule has 2 rings (SSSR count). The van der Waals surface area contributed by atoms with Crippen LogP contribution in [0.5, 0.6) is 5.75 Å². The summed E-state index contributed by atoms with van der Waals surface area (Å²) in [6, 6.07) is 16.8. The normalized spacial score (nSPS) is 11.7. The molecular weight excluding hydrogens is 288 g/mol. The molecular formula is C19H24N2O2. The fourth-order valence-corrected chi connectivity index (χ4v) is 2.24. The van der Waals surface area contributed by atoms with Crippen molar-refractivity contribution in [3.63, 3.8) is 0 Å². The molecule has 0 aliphatic rings. The van der Waals surface area contributed by atoms with Crippen molar-refractivity contribution in [3.05, 3.63) is 60.2 Å². The van der Waals surface area contributed by atoms with E-state index in [0.29, 0.717) is 18.0 Å². The van der Waals surface area contributed by atoms with Crippen LogP contribution in [-0.4, -0.2) is 12.5 Å². The van der Waals surface area contributed by atoms with Crippen LogP contribution in [0, 0.1) is 0 Å². The molecule has 0 aliphatic carbocycles. The predicted octanol–water partition coefficient (Wildman–Crippen LogP) is 3.89. The topological polar surface area (TPSA) is 64.3 Å². The molecule has 0 heterocycles. The van der Waals surface area contributed by atoms with Crippen LogP contribution in [-0.2, 0) is 4.79 Å². The van der Waals surface area contributed by atoms with E-state index in [4.69, 9.17) is 10.5 Å². The molecule has 0 bridgehead atoms. The Kier molecular flexibility index (Phi) is 6.63. The maximum Gasteiger partial charge on any atom is 0.226 e.